The Balaban J connectivity index is 1.96. The number of hydrogen-bond acceptors (Lipinski definition) is 4. The number of carboxylic acid groups (broad SMARTS) is 1. The summed E-state index contributed by atoms with van der Waals surface area (Å²) in [5, 5.41) is 11.7. The molecule has 0 radical (unpaired) electrons. The Morgan fingerprint density at radius 2 is 2.53 bits per heavy atom. The van der Waals surface area contributed by atoms with Gasteiger partial charge >= 0.3 is 5.97 Å². The van der Waals surface area contributed by atoms with Crippen LogP contribution in [0.1, 0.15) is 18.3 Å². The molecule has 5 nitrogen and oxygen atoms in total. The Hall–Kier alpha value is -1.46. The lowest BCUT2D eigenvalue weighted by atomic mass is 10.2. The van der Waals surface area contributed by atoms with Gasteiger partial charge in [-0.3, -0.25) is 15.1 Å². The average Bonchev–Trinajstić information content (AvgIpc) is 2.67. The minimum absolute atomic E-state index is 0.0728. The van der Waals surface area contributed by atoms with Crippen LogP contribution < -0.4 is 5.32 Å². The molecule has 0 aromatic carbocycles. The minimum atomic E-state index is -0.822. The van der Waals surface area contributed by atoms with Crippen LogP contribution in [0.25, 0.3) is 0 Å². The maximum absolute atomic E-state index is 10.5. The summed E-state index contributed by atoms with van der Waals surface area (Å²) in [4.78, 5) is 14.6. The van der Waals surface area contributed by atoms with Crippen LogP contribution in [0.5, 0.6) is 0 Å². The van der Waals surface area contributed by atoms with Crippen molar-refractivity contribution in [3.63, 3.8) is 0 Å². The second kappa shape index (κ2) is 4.37. The Labute approximate surface area is 87.1 Å². The van der Waals surface area contributed by atoms with Crippen LogP contribution in [0.3, 0.4) is 0 Å². The van der Waals surface area contributed by atoms with Crippen LogP contribution in [0.4, 0.5) is 0 Å². The van der Waals surface area contributed by atoms with Gasteiger partial charge < -0.3 is 9.84 Å². The highest BCUT2D eigenvalue weighted by atomic mass is 16.5. The van der Waals surface area contributed by atoms with Gasteiger partial charge in [0.15, 0.2) is 6.23 Å². The van der Waals surface area contributed by atoms with E-state index in [0.717, 1.165) is 5.69 Å². The summed E-state index contributed by atoms with van der Waals surface area (Å²) in [6.07, 6.45) is 1.48. The molecule has 0 saturated carbocycles. The van der Waals surface area contributed by atoms with Crippen LogP contribution >= 0.6 is 0 Å². The van der Waals surface area contributed by atoms with E-state index in [4.69, 9.17) is 9.84 Å². The van der Waals surface area contributed by atoms with Gasteiger partial charge in [-0.05, 0) is 12.1 Å². The molecule has 0 spiro atoms. The highest BCUT2D eigenvalue weighted by molar-refractivity contribution is 5.67. The first-order valence-electron chi connectivity index (χ1n) is 4.76. The molecule has 0 bridgehead atoms. The first-order chi connectivity index (χ1) is 7.25. The lowest BCUT2D eigenvalue weighted by Crippen LogP contribution is -2.28. The summed E-state index contributed by atoms with van der Waals surface area (Å²) in [5.41, 5.74) is 0.783. The van der Waals surface area contributed by atoms with Crippen molar-refractivity contribution in [3.05, 3.63) is 30.1 Å². The second-order valence-corrected chi connectivity index (χ2v) is 3.43. The fourth-order valence-corrected chi connectivity index (χ4v) is 1.55. The van der Waals surface area contributed by atoms with Crippen LogP contribution in [-0.4, -0.2) is 28.7 Å². The van der Waals surface area contributed by atoms with E-state index in [-0.39, 0.29) is 18.7 Å². The fourth-order valence-electron chi connectivity index (χ4n) is 1.55. The summed E-state index contributed by atoms with van der Waals surface area (Å²) in [6, 6.07) is 5.42. The zero-order valence-corrected chi connectivity index (χ0v) is 8.09. The SMILES string of the molecule is O=C(O)CC1COC(c2ccccn2)N1. The number of nitrogens with zero attached hydrogens (tertiary/aromatic N) is 1. The van der Waals surface area contributed by atoms with Crippen molar-refractivity contribution in [2.45, 2.75) is 18.7 Å². The van der Waals surface area contributed by atoms with E-state index in [0.29, 0.717) is 6.61 Å². The molecule has 0 aliphatic carbocycles. The molecule has 0 amide bonds. The number of rotatable bonds is 3. The van der Waals surface area contributed by atoms with Crippen molar-refractivity contribution in [1.29, 1.82) is 0 Å². The van der Waals surface area contributed by atoms with E-state index in [1.165, 1.54) is 0 Å². The molecular formula is C10H12N2O3. The van der Waals surface area contributed by atoms with Crippen LogP contribution in [0.15, 0.2) is 24.4 Å². The molecule has 1 aliphatic heterocycles. The number of aliphatic carboxylic acids is 1. The number of carbonyl (C=O) groups is 1. The molecule has 80 valence electrons. The molecule has 1 fully saturated rings. The molecule has 2 heterocycles. The number of hydrogen-bond donors (Lipinski definition) is 2. The number of aromatic nitrogens is 1. The number of pyridine rings is 1. The van der Waals surface area contributed by atoms with Gasteiger partial charge in [0.25, 0.3) is 0 Å². The van der Waals surface area contributed by atoms with Gasteiger partial charge in [-0.1, -0.05) is 6.07 Å². The number of nitrogens with one attached hydrogen (secondary N) is 1. The van der Waals surface area contributed by atoms with Gasteiger partial charge in [0.2, 0.25) is 0 Å². The maximum atomic E-state index is 10.5. The van der Waals surface area contributed by atoms with Gasteiger partial charge in [0.1, 0.15) is 0 Å². The predicted octanol–water partition coefficient (Wildman–Crippen LogP) is 0.543. The van der Waals surface area contributed by atoms with Gasteiger partial charge in [0, 0.05) is 12.2 Å². The lowest BCUT2D eigenvalue weighted by molar-refractivity contribution is -0.137. The third-order valence-corrected chi connectivity index (χ3v) is 2.23. The van der Waals surface area contributed by atoms with Crippen molar-refractivity contribution in [2.75, 3.05) is 6.61 Å². The number of ether oxygens (including phenoxy) is 1. The first-order valence-corrected chi connectivity index (χ1v) is 4.76. The summed E-state index contributed by atoms with van der Waals surface area (Å²) >= 11 is 0. The molecule has 2 N–H and O–H groups in total. The fraction of sp³-hybridized carbons (Fsp3) is 0.400. The van der Waals surface area contributed by atoms with Crippen LogP contribution in [0.2, 0.25) is 0 Å². The molecular weight excluding hydrogens is 196 g/mol. The van der Waals surface area contributed by atoms with E-state index in [1.54, 1.807) is 6.20 Å². The van der Waals surface area contributed by atoms with E-state index < -0.39 is 5.97 Å². The van der Waals surface area contributed by atoms with E-state index >= 15 is 0 Å². The summed E-state index contributed by atoms with van der Waals surface area (Å²) in [5.74, 6) is -0.822. The van der Waals surface area contributed by atoms with Crippen LogP contribution in [-0.2, 0) is 9.53 Å². The van der Waals surface area contributed by atoms with Gasteiger partial charge in [-0.15, -0.1) is 0 Å². The Morgan fingerprint density at radius 3 is 3.20 bits per heavy atom. The van der Waals surface area contributed by atoms with Crippen molar-refractivity contribution in [3.8, 4) is 0 Å². The maximum Gasteiger partial charge on any atom is 0.305 e. The molecule has 15 heavy (non-hydrogen) atoms. The van der Waals surface area contributed by atoms with Gasteiger partial charge in [0.05, 0.1) is 18.7 Å². The minimum Gasteiger partial charge on any atom is -0.481 e. The zero-order valence-electron chi connectivity index (χ0n) is 8.09. The van der Waals surface area contributed by atoms with Gasteiger partial charge in [-0.2, -0.15) is 0 Å². The van der Waals surface area contributed by atoms with Crippen LogP contribution in [0, 0.1) is 0 Å². The third-order valence-electron chi connectivity index (χ3n) is 2.23. The molecule has 1 aromatic heterocycles. The topological polar surface area (TPSA) is 71.5 Å². The quantitative estimate of drug-likeness (QED) is 0.758. The van der Waals surface area contributed by atoms with E-state index in [9.17, 15) is 4.79 Å². The molecule has 2 rings (SSSR count). The van der Waals surface area contributed by atoms with Crippen molar-refractivity contribution in [1.82, 2.24) is 10.3 Å². The normalized spacial score (nSPS) is 25.3. The van der Waals surface area contributed by atoms with Crippen molar-refractivity contribution in [2.24, 2.45) is 0 Å². The summed E-state index contributed by atoms with van der Waals surface area (Å²) < 4.78 is 5.42. The van der Waals surface area contributed by atoms with E-state index in [2.05, 4.69) is 10.3 Å². The average molecular weight is 208 g/mol. The third kappa shape index (κ3) is 2.51. The van der Waals surface area contributed by atoms with E-state index in [1.807, 2.05) is 18.2 Å². The predicted molar refractivity (Wildman–Crippen MR) is 52.1 cm³/mol. The molecule has 1 aliphatic rings. The largest absolute Gasteiger partial charge is 0.481 e. The second-order valence-electron chi connectivity index (χ2n) is 3.43. The Morgan fingerprint density at radius 1 is 1.67 bits per heavy atom. The zero-order chi connectivity index (χ0) is 10.7. The molecule has 1 saturated heterocycles. The summed E-state index contributed by atoms with van der Waals surface area (Å²) in [7, 11) is 0. The smallest absolute Gasteiger partial charge is 0.305 e. The van der Waals surface area contributed by atoms with Crippen molar-refractivity contribution < 1.29 is 14.6 Å². The van der Waals surface area contributed by atoms with Crippen molar-refractivity contribution >= 4 is 5.97 Å². The highest BCUT2D eigenvalue weighted by Gasteiger charge is 2.27. The monoisotopic (exact) mass is 208 g/mol. The molecule has 2 atom stereocenters. The number of carboxylic acids is 1. The first kappa shape index (κ1) is 10.1. The standard InChI is InChI=1S/C10H12N2O3/c13-9(14)5-7-6-15-10(12-7)8-3-1-2-4-11-8/h1-4,7,10,12H,5-6H2,(H,13,14). The van der Waals surface area contributed by atoms with Gasteiger partial charge in [-0.25, -0.2) is 0 Å². The lowest BCUT2D eigenvalue weighted by Gasteiger charge is -2.09. The highest BCUT2D eigenvalue weighted by Crippen LogP contribution is 2.19. The molecule has 5 heteroatoms. The Bertz CT molecular complexity index is 342. The molecule has 1 aromatic rings. The summed E-state index contributed by atoms with van der Waals surface area (Å²) in [6.45, 7) is 0.410. The Kier molecular flexibility index (Phi) is 2.94. The molecule has 2 unspecified atom stereocenters.